The second-order valence-electron chi connectivity index (χ2n) is 3.27. The molecule has 1 heterocycles. The lowest BCUT2D eigenvalue weighted by Gasteiger charge is -2.01. The summed E-state index contributed by atoms with van der Waals surface area (Å²) in [6.45, 7) is 0. The summed E-state index contributed by atoms with van der Waals surface area (Å²) in [6, 6.07) is 9.14. The van der Waals surface area contributed by atoms with Gasteiger partial charge in [-0.1, -0.05) is 18.2 Å². The van der Waals surface area contributed by atoms with E-state index in [1.807, 2.05) is 18.2 Å². The lowest BCUT2D eigenvalue weighted by atomic mass is 10.3. The first kappa shape index (κ1) is 9.48. The van der Waals surface area contributed by atoms with Gasteiger partial charge < -0.3 is 4.74 Å². The van der Waals surface area contributed by atoms with E-state index in [9.17, 15) is 8.42 Å². The fourth-order valence-electron chi connectivity index (χ4n) is 1.20. The van der Waals surface area contributed by atoms with Crippen LogP contribution in [0.15, 0.2) is 30.3 Å². The molecule has 0 aromatic heterocycles. The molecule has 1 aliphatic heterocycles. The number of para-hydroxylation sites is 1. The lowest BCUT2D eigenvalue weighted by Crippen LogP contribution is -2.12. The van der Waals surface area contributed by atoms with Crippen molar-refractivity contribution in [2.75, 3.05) is 6.26 Å². The Balaban J connectivity index is 1.98. The van der Waals surface area contributed by atoms with E-state index in [4.69, 9.17) is 4.74 Å². The molecule has 2 unspecified atom stereocenters. The maximum atomic E-state index is 11.1. The summed E-state index contributed by atoms with van der Waals surface area (Å²) in [5.74, 6) is 0.677. The minimum atomic E-state index is -3.04. The van der Waals surface area contributed by atoms with E-state index in [0.717, 1.165) is 0 Å². The molecule has 1 aliphatic rings. The van der Waals surface area contributed by atoms with E-state index < -0.39 is 21.4 Å². The first-order chi connectivity index (χ1) is 6.57. The van der Waals surface area contributed by atoms with E-state index in [-0.39, 0.29) is 0 Å². The number of sulfone groups is 1. The van der Waals surface area contributed by atoms with Crippen molar-refractivity contribution in [3.63, 3.8) is 0 Å². The summed E-state index contributed by atoms with van der Waals surface area (Å²) in [5.41, 5.74) is 0. The van der Waals surface area contributed by atoms with Crippen molar-refractivity contribution in [1.82, 2.24) is 5.32 Å². The first-order valence-corrected chi connectivity index (χ1v) is 6.19. The Bertz CT molecular complexity index is 415. The van der Waals surface area contributed by atoms with Crippen LogP contribution in [0.1, 0.15) is 0 Å². The zero-order valence-electron chi connectivity index (χ0n) is 7.67. The summed E-state index contributed by atoms with van der Waals surface area (Å²) in [7, 11) is -3.04. The van der Waals surface area contributed by atoms with Gasteiger partial charge in [0.25, 0.3) is 0 Å². The average Bonchev–Trinajstić information content (AvgIpc) is 2.85. The highest BCUT2D eigenvalue weighted by Crippen LogP contribution is 2.21. The maximum Gasteiger partial charge on any atom is 0.181 e. The highest BCUT2D eigenvalue weighted by molar-refractivity contribution is 7.91. The molecule has 1 aromatic rings. The van der Waals surface area contributed by atoms with Crippen molar-refractivity contribution in [3.8, 4) is 5.75 Å². The van der Waals surface area contributed by atoms with Gasteiger partial charge in [0, 0.05) is 6.26 Å². The van der Waals surface area contributed by atoms with Gasteiger partial charge in [0.15, 0.2) is 21.4 Å². The molecule has 0 bridgehead atoms. The van der Waals surface area contributed by atoms with E-state index in [1.165, 1.54) is 6.26 Å². The molecule has 0 aliphatic carbocycles. The van der Waals surface area contributed by atoms with Crippen LogP contribution in [0.25, 0.3) is 0 Å². The predicted octanol–water partition coefficient (Wildman–Crippen LogP) is 0.365. The van der Waals surface area contributed by atoms with Crippen molar-refractivity contribution in [1.29, 1.82) is 0 Å². The average molecular weight is 213 g/mol. The van der Waals surface area contributed by atoms with Gasteiger partial charge >= 0.3 is 0 Å². The van der Waals surface area contributed by atoms with E-state index in [1.54, 1.807) is 12.1 Å². The van der Waals surface area contributed by atoms with Crippen LogP contribution in [0.2, 0.25) is 0 Å². The van der Waals surface area contributed by atoms with Crippen molar-refractivity contribution >= 4 is 9.84 Å². The highest BCUT2D eigenvalue weighted by Gasteiger charge is 2.46. The number of rotatable bonds is 3. The molecule has 0 radical (unpaired) electrons. The predicted molar refractivity (Wildman–Crippen MR) is 52.6 cm³/mol. The van der Waals surface area contributed by atoms with E-state index in [0.29, 0.717) is 5.75 Å². The third kappa shape index (κ3) is 2.05. The van der Waals surface area contributed by atoms with Crippen LogP contribution in [-0.4, -0.2) is 26.3 Å². The van der Waals surface area contributed by atoms with Crippen LogP contribution >= 0.6 is 0 Å². The van der Waals surface area contributed by atoms with Gasteiger partial charge in [0.1, 0.15) is 5.75 Å². The summed E-state index contributed by atoms with van der Waals surface area (Å²) in [6.07, 6.45) is 0.798. The fourth-order valence-corrected chi connectivity index (χ4v) is 2.08. The van der Waals surface area contributed by atoms with Crippen LogP contribution in [0.5, 0.6) is 5.75 Å². The van der Waals surface area contributed by atoms with Crippen LogP contribution in [0.3, 0.4) is 0 Å². The van der Waals surface area contributed by atoms with Gasteiger partial charge in [0.05, 0.1) is 0 Å². The highest BCUT2D eigenvalue weighted by atomic mass is 32.2. The number of hydrogen-bond acceptors (Lipinski definition) is 4. The van der Waals surface area contributed by atoms with Crippen molar-refractivity contribution < 1.29 is 13.2 Å². The smallest absolute Gasteiger partial charge is 0.181 e. The zero-order valence-corrected chi connectivity index (χ0v) is 8.49. The Morgan fingerprint density at radius 1 is 1.29 bits per heavy atom. The van der Waals surface area contributed by atoms with Crippen molar-refractivity contribution in [3.05, 3.63) is 30.3 Å². The topological polar surface area (TPSA) is 65.3 Å². The monoisotopic (exact) mass is 213 g/mol. The number of nitrogens with one attached hydrogen (secondary N) is 1. The van der Waals surface area contributed by atoms with Crippen LogP contribution in [0.4, 0.5) is 0 Å². The second-order valence-corrected chi connectivity index (χ2v) is 5.44. The van der Waals surface area contributed by atoms with E-state index in [2.05, 4.69) is 5.32 Å². The molecule has 1 aromatic carbocycles. The van der Waals surface area contributed by atoms with Crippen molar-refractivity contribution in [2.45, 2.75) is 11.6 Å². The molecule has 5 heteroatoms. The number of ether oxygens (including phenoxy) is 1. The molecule has 2 atom stereocenters. The summed E-state index contributed by atoms with van der Waals surface area (Å²) in [5, 5.41) is 2.19. The van der Waals surface area contributed by atoms with Crippen LogP contribution < -0.4 is 10.1 Å². The van der Waals surface area contributed by atoms with Gasteiger partial charge in [-0.15, -0.1) is 0 Å². The second kappa shape index (κ2) is 3.25. The third-order valence-corrected chi connectivity index (χ3v) is 3.27. The summed E-state index contributed by atoms with van der Waals surface area (Å²) in [4.78, 5) is 0. The van der Waals surface area contributed by atoms with E-state index >= 15 is 0 Å². The minimum absolute atomic E-state index is 0.396. The molecule has 1 saturated heterocycles. The molecule has 76 valence electrons. The third-order valence-electron chi connectivity index (χ3n) is 1.96. The molecule has 4 nitrogen and oxygen atoms in total. The molecule has 1 fully saturated rings. The quantitative estimate of drug-likeness (QED) is 0.736. The Morgan fingerprint density at radius 2 is 1.93 bits per heavy atom. The van der Waals surface area contributed by atoms with Gasteiger partial charge in [-0.2, -0.15) is 0 Å². The van der Waals surface area contributed by atoms with Crippen LogP contribution in [-0.2, 0) is 9.84 Å². The normalized spacial score (nSPS) is 25.8. The largest absolute Gasteiger partial charge is 0.473 e. The van der Waals surface area contributed by atoms with Gasteiger partial charge in [-0.05, 0) is 12.1 Å². The molecule has 0 amide bonds. The lowest BCUT2D eigenvalue weighted by molar-refractivity contribution is 0.295. The molecular formula is C9H11NO3S. The van der Waals surface area contributed by atoms with Gasteiger partial charge in [0.2, 0.25) is 0 Å². The molecule has 0 saturated carbocycles. The fraction of sp³-hybridized carbons (Fsp3) is 0.333. The summed E-state index contributed by atoms with van der Waals surface area (Å²) >= 11 is 0. The zero-order chi connectivity index (χ0) is 10.2. The number of hydrogen-bond donors (Lipinski definition) is 1. The molecule has 2 rings (SSSR count). The molecule has 1 N–H and O–H groups in total. The molecule has 0 spiro atoms. The summed E-state index contributed by atoms with van der Waals surface area (Å²) < 4.78 is 27.5. The standard InChI is InChI=1S/C9H11NO3S/c1-14(11,12)9-8(10-9)13-7-5-3-2-4-6-7/h2-6,8-10H,1H3. The van der Waals surface area contributed by atoms with Gasteiger partial charge in [-0.25, -0.2) is 8.42 Å². The minimum Gasteiger partial charge on any atom is -0.473 e. The number of benzene rings is 1. The van der Waals surface area contributed by atoms with Crippen molar-refractivity contribution in [2.24, 2.45) is 0 Å². The first-order valence-electron chi connectivity index (χ1n) is 4.24. The Hall–Kier alpha value is -1.07. The van der Waals surface area contributed by atoms with Crippen LogP contribution in [0, 0.1) is 0 Å². The molecule has 14 heavy (non-hydrogen) atoms. The maximum absolute atomic E-state index is 11.1. The Labute approximate surface area is 82.8 Å². The van der Waals surface area contributed by atoms with Gasteiger partial charge in [-0.3, -0.25) is 5.32 Å². The Morgan fingerprint density at radius 3 is 2.43 bits per heavy atom. The Kier molecular flexibility index (Phi) is 2.20. The molecular weight excluding hydrogens is 202 g/mol. The SMILES string of the molecule is CS(=O)(=O)C1NC1Oc1ccccc1.